The molecule has 0 atom stereocenters. The summed E-state index contributed by atoms with van der Waals surface area (Å²) in [5, 5.41) is 0.0373. The van der Waals surface area contributed by atoms with Gasteiger partial charge in [-0.15, -0.1) is 13.2 Å². The predicted molar refractivity (Wildman–Crippen MR) is 154 cm³/mol. The molecule has 42 heavy (non-hydrogen) atoms. The summed E-state index contributed by atoms with van der Waals surface area (Å²) in [5.41, 5.74) is 1.07. The van der Waals surface area contributed by atoms with Gasteiger partial charge in [0.25, 0.3) is 16.4 Å². The molecule has 228 valence electrons. The second-order valence-electron chi connectivity index (χ2n) is 9.37. The van der Waals surface area contributed by atoms with Gasteiger partial charge in [-0.1, -0.05) is 30.2 Å². The van der Waals surface area contributed by atoms with Gasteiger partial charge in [0.15, 0.2) is 0 Å². The maximum atomic E-state index is 14.1. The predicted octanol–water partition coefficient (Wildman–Crippen LogP) is 8.21. The van der Waals surface area contributed by atoms with Crippen LogP contribution in [0.5, 0.6) is 5.88 Å². The van der Waals surface area contributed by atoms with Crippen molar-refractivity contribution >= 4 is 20.9 Å². The number of fused-ring (bicyclic) bond motifs is 1. The molecule has 3 aromatic heterocycles. The lowest BCUT2D eigenvalue weighted by molar-refractivity contribution is 0.108. The lowest BCUT2D eigenvalue weighted by Crippen LogP contribution is -2.20. The van der Waals surface area contributed by atoms with Crippen LogP contribution in [0, 0.1) is 6.92 Å². The Morgan fingerprint density at radius 3 is 2.40 bits per heavy atom. The fourth-order valence-corrected chi connectivity index (χ4v) is 6.27. The Kier molecular flexibility index (Phi) is 12.6. The van der Waals surface area contributed by atoms with E-state index in [1.165, 1.54) is 31.0 Å². The van der Waals surface area contributed by atoms with Gasteiger partial charge >= 0.3 is 0 Å². The third-order valence-corrected chi connectivity index (χ3v) is 8.39. The van der Waals surface area contributed by atoms with Crippen molar-refractivity contribution in [1.82, 2.24) is 18.9 Å². The van der Waals surface area contributed by atoms with Crippen LogP contribution in [0.15, 0.2) is 72.5 Å². The Hall–Kier alpha value is -3.87. The molecular weight excluding hydrogens is 579 g/mol. The van der Waals surface area contributed by atoms with E-state index in [-0.39, 0.29) is 32.2 Å². The molecular formula is C29H33F5N4O3S. The number of rotatable bonds is 6. The lowest BCUT2D eigenvalue weighted by Gasteiger charge is -2.22. The van der Waals surface area contributed by atoms with Crippen LogP contribution in [0.3, 0.4) is 0 Å². The van der Waals surface area contributed by atoms with Crippen molar-refractivity contribution in [2.75, 3.05) is 0 Å². The van der Waals surface area contributed by atoms with Gasteiger partial charge in [0.2, 0.25) is 5.88 Å². The monoisotopic (exact) mass is 612 g/mol. The highest BCUT2D eigenvalue weighted by molar-refractivity contribution is 7.94. The fraction of sp³-hybridized carbons (Fsp3) is 0.345. The minimum absolute atomic E-state index is 0. The number of pyridine rings is 1. The Morgan fingerprint density at radius 1 is 1.05 bits per heavy atom. The molecule has 2 aliphatic rings. The van der Waals surface area contributed by atoms with Crippen molar-refractivity contribution in [2.45, 2.75) is 64.9 Å². The molecule has 0 spiro atoms. The molecule has 0 bridgehead atoms. The number of aryl methyl sites for hydroxylation is 1. The van der Waals surface area contributed by atoms with Gasteiger partial charge < -0.3 is 4.74 Å². The minimum atomic E-state index is -4.10. The van der Waals surface area contributed by atoms with E-state index in [4.69, 9.17) is 13.9 Å². The molecule has 3 heterocycles. The number of hydrogen-bond acceptors (Lipinski definition) is 6. The molecule has 0 aliphatic heterocycles. The molecule has 2 aliphatic carbocycles. The SMILES string of the molecule is C=C.CC1=CCC=C(S(=O)(=O)n2cc(-c3cc(OC4CCCCC4)nc(C)n3)c3c(C(F)F)nccc32)C=C1.F.FF. The second kappa shape index (κ2) is 15.4. The quantitative estimate of drug-likeness (QED) is 0.206. The van der Waals surface area contributed by atoms with Crippen molar-refractivity contribution < 1.29 is 35.8 Å². The molecule has 0 radical (unpaired) electrons. The first kappa shape index (κ1) is 34.3. The van der Waals surface area contributed by atoms with Gasteiger partial charge in [0.1, 0.15) is 17.6 Å². The second-order valence-corrected chi connectivity index (χ2v) is 11.2. The summed E-state index contributed by atoms with van der Waals surface area (Å²) in [6, 6.07) is 3.02. The molecule has 3 aromatic rings. The van der Waals surface area contributed by atoms with E-state index < -0.39 is 22.1 Å². The van der Waals surface area contributed by atoms with Crippen molar-refractivity contribution in [3.05, 3.63) is 84.0 Å². The van der Waals surface area contributed by atoms with Crippen LogP contribution >= 0.6 is 0 Å². The topological polar surface area (TPSA) is 87.0 Å². The molecule has 7 nitrogen and oxygen atoms in total. The fourth-order valence-electron chi connectivity index (χ4n) is 4.84. The van der Waals surface area contributed by atoms with Crippen molar-refractivity contribution in [3.8, 4) is 17.1 Å². The first-order chi connectivity index (χ1) is 19.7. The first-order valence-corrected chi connectivity index (χ1v) is 14.4. The van der Waals surface area contributed by atoms with Crippen molar-refractivity contribution in [3.63, 3.8) is 0 Å². The number of allylic oxidation sites excluding steroid dienone is 5. The maximum Gasteiger partial charge on any atom is 0.281 e. The third-order valence-electron chi connectivity index (χ3n) is 6.67. The maximum absolute atomic E-state index is 14.1. The van der Waals surface area contributed by atoms with E-state index in [0.29, 0.717) is 23.8 Å². The van der Waals surface area contributed by atoms with E-state index in [1.54, 1.807) is 25.1 Å². The smallest absolute Gasteiger partial charge is 0.281 e. The molecule has 0 amide bonds. The van der Waals surface area contributed by atoms with Crippen LogP contribution in [-0.4, -0.2) is 33.4 Å². The van der Waals surface area contributed by atoms with Crippen LogP contribution < -0.4 is 4.74 Å². The highest BCUT2D eigenvalue weighted by atomic mass is 32.2. The summed E-state index contributed by atoms with van der Waals surface area (Å²) in [6.45, 7) is 9.57. The summed E-state index contributed by atoms with van der Waals surface area (Å²) in [5.74, 6) is 0.738. The van der Waals surface area contributed by atoms with Crippen LogP contribution in [0.2, 0.25) is 0 Å². The van der Waals surface area contributed by atoms with Gasteiger partial charge in [0.05, 0.1) is 16.1 Å². The van der Waals surface area contributed by atoms with Gasteiger partial charge in [-0.25, -0.2) is 26.2 Å². The largest absolute Gasteiger partial charge is 0.474 e. The highest BCUT2D eigenvalue weighted by Gasteiger charge is 2.28. The molecule has 0 N–H and O–H groups in total. The van der Waals surface area contributed by atoms with Crippen LogP contribution in [0.25, 0.3) is 22.2 Å². The van der Waals surface area contributed by atoms with Crippen molar-refractivity contribution in [1.29, 1.82) is 0 Å². The Balaban J connectivity index is 0.00000118. The Bertz CT molecular complexity index is 1560. The third kappa shape index (κ3) is 7.50. The molecule has 0 aromatic carbocycles. The average molecular weight is 613 g/mol. The van der Waals surface area contributed by atoms with Crippen LogP contribution in [-0.2, 0) is 10.0 Å². The first-order valence-electron chi connectivity index (χ1n) is 13.0. The number of ether oxygens (including phenoxy) is 1. The summed E-state index contributed by atoms with van der Waals surface area (Å²) < 4.78 is 78.9. The number of hydrogen-bond donors (Lipinski definition) is 0. The zero-order valence-corrected chi connectivity index (χ0v) is 24.1. The van der Waals surface area contributed by atoms with E-state index in [9.17, 15) is 17.2 Å². The zero-order chi connectivity index (χ0) is 30.2. The standard InChI is InChI=1S/C27H28F2N4O3S.C2H4.F2.FH/c1-17-7-6-10-20(12-11-17)37(34,35)33-16-21(25-23(33)13-14-30-26(25)27(28)29)22-15-24(32-18(2)31-22)36-19-8-4-3-5-9-19;2*1-2;/h7,10-16,19,27H,3-6,8-9H2,1-2H3;1-2H2;;1H. The number of halogens is 5. The summed E-state index contributed by atoms with van der Waals surface area (Å²) in [7, 11) is -4.10. The summed E-state index contributed by atoms with van der Waals surface area (Å²) in [6.07, 6.45) is 12.0. The molecule has 1 fully saturated rings. The molecule has 5 rings (SSSR count). The average Bonchev–Trinajstić information content (AvgIpc) is 3.24. The van der Waals surface area contributed by atoms with E-state index >= 15 is 0 Å². The number of alkyl halides is 2. The van der Waals surface area contributed by atoms with Gasteiger partial charge in [0, 0.05) is 38.6 Å². The van der Waals surface area contributed by atoms with Gasteiger partial charge in [-0.3, -0.25) is 9.69 Å². The van der Waals surface area contributed by atoms with E-state index in [0.717, 1.165) is 35.2 Å². The summed E-state index contributed by atoms with van der Waals surface area (Å²) in [4.78, 5) is 12.8. The minimum Gasteiger partial charge on any atom is -0.474 e. The Labute approximate surface area is 241 Å². The van der Waals surface area contributed by atoms with E-state index in [1.807, 2.05) is 13.0 Å². The molecule has 0 unspecified atom stereocenters. The van der Waals surface area contributed by atoms with Crippen LogP contribution in [0.4, 0.5) is 22.6 Å². The number of nitrogens with zero attached hydrogens (tertiary/aromatic N) is 4. The van der Waals surface area contributed by atoms with Gasteiger partial charge in [-0.2, -0.15) is 4.98 Å². The summed E-state index contributed by atoms with van der Waals surface area (Å²) >= 11 is 0. The zero-order valence-electron chi connectivity index (χ0n) is 23.3. The molecule has 0 saturated heterocycles. The van der Waals surface area contributed by atoms with Crippen molar-refractivity contribution in [2.24, 2.45) is 0 Å². The van der Waals surface area contributed by atoms with Gasteiger partial charge in [-0.05, 0) is 58.1 Å². The van der Waals surface area contributed by atoms with Crippen LogP contribution in [0.1, 0.15) is 63.4 Å². The van der Waals surface area contributed by atoms with E-state index in [2.05, 4.69) is 28.1 Å². The normalized spacial score (nSPS) is 15.3. The molecule has 13 heteroatoms. The lowest BCUT2D eigenvalue weighted by atomic mass is 9.98. The Morgan fingerprint density at radius 2 is 1.74 bits per heavy atom. The number of aromatic nitrogens is 4. The highest BCUT2D eigenvalue weighted by Crippen LogP contribution is 2.38. The molecule has 1 saturated carbocycles.